The monoisotopic (exact) mass is 373 g/mol. The predicted octanol–water partition coefficient (Wildman–Crippen LogP) is 0.952. The quantitative estimate of drug-likeness (QED) is 0.227. The lowest BCUT2D eigenvalue weighted by molar-refractivity contribution is -0.170. The first kappa shape index (κ1) is 17.6. The summed E-state index contributed by atoms with van der Waals surface area (Å²) in [4.78, 5) is 22.9. The van der Waals surface area contributed by atoms with Gasteiger partial charge in [0, 0.05) is 17.5 Å². The van der Waals surface area contributed by atoms with Gasteiger partial charge >= 0.3 is 11.9 Å². The minimum Gasteiger partial charge on any atom is -0.479 e. The van der Waals surface area contributed by atoms with E-state index < -0.39 is 23.1 Å². The van der Waals surface area contributed by atoms with E-state index in [1.807, 2.05) is 0 Å². The molecule has 0 radical (unpaired) electrons. The third-order valence-electron chi connectivity index (χ3n) is 2.01. The average molecular weight is 373 g/mol. The second-order valence-corrected chi connectivity index (χ2v) is 5.91. The molecule has 0 unspecified atom stereocenters. The van der Waals surface area contributed by atoms with Gasteiger partial charge in [0.1, 0.15) is 5.60 Å². The number of carbonyl (C=O) groups is 2. The van der Waals surface area contributed by atoms with Crippen molar-refractivity contribution in [3.05, 3.63) is 0 Å². The molecular formula is C11H20INO5. The van der Waals surface area contributed by atoms with Crippen LogP contribution < -0.4 is 5.73 Å². The molecule has 18 heavy (non-hydrogen) atoms. The average Bonchev–Trinajstić information content (AvgIpc) is 2.21. The fraction of sp³-hybridized carbons (Fsp3) is 0.818. The number of carboxylic acid groups (broad SMARTS) is 1. The van der Waals surface area contributed by atoms with Gasteiger partial charge in [-0.1, -0.05) is 22.6 Å². The van der Waals surface area contributed by atoms with E-state index in [1.165, 1.54) is 0 Å². The molecule has 0 heterocycles. The van der Waals surface area contributed by atoms with Crippen molar-refractivity contribution in [3.63, 3.8) is 0 Å². The third kappa shape index (κ3) is 5.96. The van der Waals surface area contributed by atoms with Gasteiger partial charge in [0.05, 0.1) is 6.61 Å². The molecule has 0 bridgehead atoms. The summed E-state index contributed by atoms with van der Waals surface area (Å²) < 4.78 is 11.0. The van der Waals surface area contributed by atoms with Crippen molar-refractivity contribution in [2.45, 2.75) is 38.3 Å². The Morgan fingerprint density at radius 1 is 1.28 bits per heavy atom. The standard InChI is InChI=1S/C11H20INO5/c1-10(2,3)18-9(16)11(13,8(14)15)4-6-17-7-5-12/h4-7,13H2,1-3H3,(H,14,15)/t11-/m0/s1. The van der Waals surface area contributed by atoms with Gasteiger partial charge in [0.15, 0.2) is 0 Å². The molecule has 6 nitrogen and oxygen atoms in total. The maximum Gasteiger partial charge on any atom is 0.338 e. The van der Waals surface area contributed by atoms with Gasteiger partial charge in [-0.3, -0.25) is 0 Å². The second kappa shape index (κ2) is 7.25. The molecule has 0 saturated heterocycles. The first-order valence-electron chi connectivity index (χ1n) is 5.53. The fourth-order valence-corrected chi connectivity index (χ4v) is 1.37. The molecule has 1 atom stereocenters. The second-order valence-electron chi connectivity index (χ2n) is 4.83. The summed E-state index contributed by atoms with van der Waals surface area (Å²) in [5.41, 5.74) is 2.78. The Hall–Kier alpha value is -0.410. The first-order valence-corrected chi connectivity index (χ1v) is 7.05. The number of halogens is 1. The highest BCUT2D eigenvalue weighted by molar-refractivity contribution is 14.1. The number of carbonyl (C=O) groups excluding carboxylic acids is 1. The molecule has 0 fully saturated rings. The largest absolute Gasteiger partial charge is 0.479 e. The highest BCUT2D eigenvalue weighted by Gasteiger charge is 2.45. The Kier molecular flexibility index (Phi) is 7.08. The van der Waals surface area contributed by atoms with Crippen LogP contribution in [0.5, 0.6) is 0 Å². The van der Waals surface area contributed by atoms with Crippen molar-refractivity contribution < 1.29 is 24.2 Å². The molecular weight excluding hydrogens is 353 g/mol. The van der Waals surface area contributed by atoms with Crippen LogP contribution in [0.2, 0.25) is 0 Å². The van der Waals surface area contributed by atoms with E-state index in [2.05, 4.69) is 22.6 Å². The molecule has 106 valence electrons. The molecule has 0 aliphatic rings. The van der Waals surface area contributed by atoms with Crippen molar-refractivity contribution in [2.24, 2.45) is 5.73 Å². The van der Waals surface area contributed by atoms with Gasteiger partial charge in [-0.05, 0) is 20.8 Å². The van der Waals surface area contributed by atoms with Crippen LogP contribution in [0.25, 0.3) is 0 Å². The van der Waals surface area contributed by atoms with Gasteiger partial charge < -0.3 is 20.3 Å². The zero-order chi connectivity index (χ0) is 14.4. The maximum atomic E-state index is 11.8. The lowest BCUT2D eigenvalue weighted by atomic mass is 9.97. The van der Waals surface area contributed by atoms with Crippen molar-refractivity contribution >= 4 is 34.5 Å². The van der Waals surface area contributed by atoms with Crippen LogP contribution in [0.1, 0.15) is 27.2 Å². The minimum absolute atomic E-state index is 0.102. The highest BCUT2D eigenvalue weighted by atomic mass is 127. The van der Waals surface area contributed by atoms with E-state index >= 15 is 0 Å². The van der Waals surface area contributed by atoms with Gasteiger partial charge in [-0.25, -0.2) is 9.59 Å². The molecule has 0 aromatic heterocycles. The summed E-state index contributed by atoms with van der Waals surface area (Å²) in [6, 6.07) is 0. The van der Waals surface area contributed by atoms with Crippen LogP contribution in [0.4, 0.5) is 0 Å². The van der Waals surface area contributed by atoms with E-state index in [0.717, 1.165) is 4.43 Å². The number of hydrogen-bond acceptors (Lipinski definition) is 5. The van der Waals surface area contributed by atoms with E-state index in [0.29, 0.717) is 6.61 Å². The Labute approximate surface area is 120 Å². The van der Waals surface area contributed by atoms with Crippen molar-refractivity contribution in [3.8, 4) is 0 Å². The van der Waals surface area contributed by atoms with Gasteiger partial charge in [0.2, 0.25) is 5.54 Å². The number of alkyl halides is 1. The van der Waals surface area contributed by atoms with Crippen molar-refractivity contribution in [1.82, 2.24) is 0 Å². The molecule has 0 aromatic rings. The van der Waals surface area contributed by atoms with Crippen LogP contribution in [0.15, 0.2) is 0 Å². The SMILES string of the molecule is CC(C)(C)OC(=O)[C@](N)(CCOCCI)C(=O)O. The summed E-state index contributed by atoms with van der Waals surface area (Å²) >= 11 is 2.13. The number of hydrogen-bond donors (Lipinski definition) is 2. The number of rotatable bonds is 7. The van der Waals surface area contributed by atoms with Crippen LogP contribution in [-0.2, 0) is 19.1 Å². The molecule has 7 heteroatoms. The topological polar surface area (TPSA) is 98.9 Å². The van der Waals surface area contributed by atoms with Gasteiger partial charge in [-0.2, -0.15) is 0 Å². The number of nitrogens with two attached hydrogens (primary N) is 1. The molecule has 0 aromatic carbocycles. The summed E-state index contributed by atoms with van der Waals surface area (Å²) in [7, 11) is 0. The summed E-state index contributed by atoms with van der Waals surface area (Å²) in [5, 5.41) is 9.07. The number of esters is 1. The normalized spacial score (nSPS) is 14.9. The zero-order valence-electron chi connectivity index (χ0n) is 10.9. The van der Waals surface area contributed by atoms with Crippen molar-refractivity contribution in [1.29, 1.82) is 0 Å². The molecule has 0 spiro atoms. The zero-order valence-corrected chi connectivity index (χ0v) is 13.0. The van der Waals surface area contributed by atoms with Crippen LogP contribution in [-0.4, -0.2) is 45.8 Å². The number of carboxylic acids is 1. The fourth-order valence-electron chi connectivity index (χ4n) is 1.06. The Balaban J connectivity index is 4.61. The minimum atomic E-state index is -2.06. The van der Waals surface area contributed by atoms with Crippen LogP contribution in [0.3, 0.4) is 0 Å². The Morgan fingerprint density at radius 2 is 1.83 bits per heavy atom. The van der Waals surface area contributed by atoms with Gasteiger partial charge in [-0.15, -0.1) is 0 Å². The number of ether oxygens (including phenoxy) is 2. The van der Waals surface area contributed by atoms with Crippen LogP contribution >= 0.6 is 22.6 Å². The van der Waals surface area contributed by atoms with E-state index in [4.69, 9.17) is 20.3 Å². The maximum absolute atomic E-state index is 11.8. The lowest BCUT2D eigenvalue weighted by Crippen LogP contribution is -2.57. The molecule has 0 amide bonds. The van der Waals surface area contributed by atoms with Crippen molar-refractivity contribution in [2.75, 3.05) is 17.6 Å². The highest BCUT2D eigenvalue weighted by Crippen LogP contribution is 2.16. The molecule has 0 rings (SSSR count). The van der Waals surface area contributed by atoms with Gasteiger partial charge in [0.25, 0.3) is 0 Å². The summed E-state index contributed by atoms with van der Waals surface area (Å²) in [5.74, 6) is -2.35. The first-order chi connectivity index (χ1) is 8.13. The predicted molar refractivity (Wildman–Crippen MR) is 74.7 cm³/mol. The summed E-state index contributed by atoms with van der Waals surface area (Å²) in [6.07, 6.45) is -0.117. The van der Waals surface area contributed by atoms with E-state index in [1.54, 1.807) is 20.8 Å². The molecule has 0 aliphatic carbocycles. The summed E-state index contributed by atoms with van der Waals surface area (Å²) in [6.45, 7) is 5.55. The molecule has 0 saturated carbocycles. The molecule has 0 aliphatic heterocycles. The smallest absolute Gasteiger partial charge is 0.338 e. The third-order valence-corrected chi connectivity index (χ3v) is 2.45. The number of aliphatic carboxylic acids is 1. The van der Waals surface area contributed by atoms with Crippen LogP contribution in [0, 0.1) is 0 Å². The molecule has 3 N–H and O–H groups in total. The Bertz CT molecular complexity index is 302. The van der Waals surface area contributed by atoms with E-state index in [-0.39, 0.29) is 13.0 Å². The van der Waals surface area contributed by atoms with E-state index in [9.17, 15) is 9.59 Å². The Morgan fingerprint density at radius 3 is 2.22 bits per heavy atom. The lowest BCUT2D eigenvalue weighted by Gasteiger charge is -2.28.